The number of carbonyl (C=O) groups is 2. The van der Waals surface area contributed by atoms with Crippen LogP contribution in [0, 0.1) is 0 Å². The molecular weight excluding hydrogens is 268 g/mol. The summed E-state index contributed by atoms with van der Waals surface area (Å²) in [7, 11) is 1.50. The van der Waals surface area contributed by atoms with Crippen molar-refractivity contribution in [1.82, 2.24) is 0 Å². The highest BCUT2D eigenvalue weighted by Gasteiger charge is 2.13. The third kappa shape index (κ3) is 19.3. The van der Waals surface area contributed by atoms with Crippen LogP contribution in [0.5, 0.6) is 0 Å². The van der Waals surface area contributed by atoms with Gasteiger partial charge in [0.15, 0.2) is 5.78 Å². The molecule has 0 aliphatic rings. The smallest absolute Gasteiger partial charge is 0.161 e. The number of hydrogen-bond acceptors (Lipinski definition) is 4. The summed E-state index contributed by atoms with van der Waals surface area (Å²) in [6.45, 7) is 5.12. The molecule has 0 spiro atoms. The molecule has 1 unspecified atom stereocenters. The SMILES string of the molecule is C.C.C.C.CCCOCCCC(=O)CCC(=O)C(C)OC. The van der Waals surface area contributed by atoms with Crippen LogP contribution in [0.2, 0.25) is 0 Å². The van der Waals surface area contributed by atoms with E-state index in [-0.39, 0.29) is 47.7 Å². The molecule has 4 nitrogen and oxygen atoms in total. The van der Waals surface area contributed by atoms with Gasteiger partial charge < -0.3 is 9.47 Å². The van der Waals surface area contributed by atoms with E-state index in [0.717, 1.165) is 19.4 Å². The Hall–Kier alpha value is -0.740. The van der Waals surface area contributed by atoms with Crippen molar-refractivity contribution in [2.75, 3.05) is 20.3 Å². The minimum atomic E-state index is -0.407. The first kappa shape index (κ1) is 32.3. The molecule has 21 heavy (non-hydrogen) atoms. The molecule has 1 atom stereocenters. The molecule has 0 aromatic carbocycles. The zero-order valence-electron chi connectivity index (χ0n) is 11.2. The van der Waals surface area contributed by atoms with Crippen LogP contribution in [-0.2, 0) is 19.1 Å². The molecule has 0 aromatic rings. The van der Waals surface area contributed by atoms with Crippen molar-refractivity contribution < 1.29 is 19.1 Å². The number of hydrogen-bond donors (Lipinski definition) is 0. The van der Waals surface area contributed by atoms with Crippen LogP contribution in [0.15, 0.2) is 0 Å². The van der Waals surface area contributed by atoms with E-state index >= 15 is 0 Å². The number of carbonyl (C=O) groups excluding carboxylic acids is 2. The van der Waals surface area contributed by atoms with Crippen LogP contribution >= 0.6 is 0 Å². The van der Waals surface area contributed by atoms with Gasteiger partial charge in [-0.3, -0.25) is 9.59 Å². The Morgan fingerprint density at radius 2 is 1.52 bits per heavy atom. The number of methoxy groups -OCH3 is 1. The van der Waals surface area contributed by atoms with E-state index in [2.05, 4.69) is 0 Å². The van der Waals surface area contributed by atoms with E-state index < -0.39 is 6.10 Å². The Bertz CT molecular complexity index is 227. The van der Waals surface area contributed by atoms with Gasteiger partial charge in [-0.1, -0.05) is 36.6 Å². The van der Waals surface area contributed by atoms with Gasteiger partial charge in [-0.25, -0.2) is 0 Å². The van der Waals surface area contributed by atoms with Crippen molar-refractivity contribution in [2.45, 2.75) is 81.8 Å². The van der Waals surface area contributed by atoms with E-state index in [1.165, 1.54) is 7.11 Å². The average Bonchev–Trinajstić information content (AvgIpc) is 2.34. The lowest BCUT2D eigenvalue weighted by Gasteiger charge is -2.07. The largest absolute Gasteiger partial charge is 0.381 e. The predicted octanol–water partition coefficient (Wildman–Crippen LogP) is 4.69. The summed E-state index contributed by atoms with van der Waals surface area (Å²) in [6.07, 6.45) is 2.43. The van der Waals surface area contributed by atoms with Crippen molar-refractivity contribution in [1.29, 1.82) is 0 Å². The van der Waals surface area contributed by atoms with Crippen LogP contribution in [0.3, 0.4) is 0 Å². The second-order valence-corrected chi connectivity index (χ2v) is 4.10. The molecule has 0 saturated heterocycles. The fourth-order valence-electron chi connectivity index (χ4n) is 1.34. The maximum Gasteiger partial charge on any atom is 0.161 e. The molecule has 0 aliphatic carbocycles. The van der Waals surface area contributed by atoms with Gasteiger partial charge >= 0.3 is 0 Å². The predicted molar refractivity (Wildman–Crippen MR) is 93.0 cm³/mol. The molecular formula is C17H40O4. The Labute approximate surface area is 133 Å². The van der Waals surface area contributed by atoms with Crippen molar-refractivity contribution in [3.8, 4) is 0 Å². The summed E-state index contributed by atoms with van der Waals surface area (Å²) in [5.41, 5.74) is 0. The monoisotopic (exact) mass is 308 g/mol. The van der Waals surface area contributed by atoms with Crippen molar-refractivity contribution in [3.05, 3.63) is 0 Å². The van der Waals surface area contributed by atoms with E-state index in [1.54, 1.807) is 6.92 Å². The second kappa shape index (κ2) is 21.6. The summed E-state index contributed by atoms with van der Waals surface area (Å²) in [4.78, 5) is 22.8. The summed E-state index contributed by atoms with van der Waals surface area (Å²) in [6, 6.07) is 0. The molecule has 0 saturated carbocycles. The summed E-state index contributed by atoms with van der Waals surface area (Å²) in [5, 5.41) is 0. The Balaban J connectivity index is -0.000000213. The Kier molecular flexibility index (Phi) is 33.1. The van der Waals surface area contributed by atoms with E-state index in [9.17, 15) is 9.59 Å². The van der Waals surface area contributed by atoms with Gasteiger partial charge in [0, 0.05) is 39.6 Å². The van der Waals surface area contributed by atoms with Gasteiger partial charge in [-0.05, 0) is 19.8 Å². The molecule has 0 radical (unpaired) electrons. The molecule has 0 bridgehead atoms. The van der Waals surface area contributed by atoms with Gasteiger partial charge in [0.1, 0.15) is 11.9 Å². The third-order valence-electron chi connectivity index (χ3n) is 2.55. The zero-order chi connectivity index (χ0) is 13.1. The quantitative estimate of drug-likeness (QED) is 0.519. The van der Waals surface area contributed by atoms with Gasteiger partial charge in [0.2, 0.25) is 0 Å². The zero-order valence-corrected chi connectivity index (χ0v) is 11.2. The van der Waals surface area contributed by atoms with Crippen LogP contribution in [0.25, 0.3) is 0 Å². The first-order valence-corrected chi connectivity index (χ1v) is 6.26. The highest BCUT2D eigenvalue weighted by atomic mass is 16.5. The first-order chi connectivity index (χ1) is 8.11. The number of ketones is 2. The van der Waals surface area contributed by atoms with Crippen LogP contribution in [0.1, 0.15) is 75.7 Å². The average molecular weight is 309 g/mol. The highest BCUT2D eigenvalue weighted by Crippen LogP contribution is 2.03. The van der Waals surface area contributed by atoms with Crippen molar-refractivity contribution >= 4 is 11.6 Å². The highest BCUT2D eigenvalue weighted by molar-refractivity contribution is 5.88. The summed E-state index contributed by atoms with van der Waals surface area (Å²) < 4.78 is 10.2. The lowest BCUT2D eigenvalue weighted by molar-refractivity contribution is -0.130. The maximum atomic E-state index is 11.4. The third-order valence-corrected chi connectivity index (χ3v) is 2.55. The van der Waals surface area contributed by atoms with E-state index in [4.69, 9.17) is 9.47 Å². The molecule has 132 valence electrons. The molecule has 0 N–H and O–H groups in total. The molecule has 0 rings (SSSR count). The fourth-order valence-corrected chi connectivity index (χ4v) is 1.34. The second-order valence-electron chi connectivity index (χ2n) is 4.10. The van der Waals surface area contributed by atoms with Gasteiger partial charge in [-0.2, -0.15) is 0 Å². The fraction of sp³-hybridized carbons (Fsp3) is 0.882. The van der Waals surface area contributed by atoms with Gasteiger partial charge in [-0.15, -0.1) is 0 Å². The lowest BCUT2D eigenvalue weighted by Crippen LogP contribution is -2.19. The molecule has 4 heteroatoms. The molecule has 0 aromatic heterocycles. The Morgan fingerprint density at radius 3 is 2.00 bits per heavy atom. The van der Waals surface area contributed by atoms with E-state index in [1.807, 2.05) is 6.92 Å². The molecule has 0 aliphatic heterocycles. The van der Waals surface area contributed by atoms with Crippen LogP contribution in [-0.4, -0.2) is 38.0 Å². The normalized spacial score (nSPS) is 10.0. The van der Waals surface area contributed by atoms with Gasteiger partial charge in [0.25, 0.3) is 0 Å². The minimum Gasteiger partial charge on any atom is -0.381 e. The maximum absolute atomic E-state index is 11.4. The number of Topliss-reactive ketones (excluding diaryl/α,β-unsaturated/α-hetero) is 2. The standard InChI is InChI=1S/C13H24O4.4CH4/c1-4-9-17-10-5-6-12(14)7-8-13(15)11(2)16-3;;;;/h11H,4-10H2,1-3H3;4*1H4. The van der Waals surface area contributed by atoms with Crippen molar-refractivity contribution in [2.24, 2.45) is 0 Å². The first-order valence-electron chi connectivity index (χ1n) is 6.26. The number of rotatable bonds is 11. The molecule has 0 fully saturated rings. The van der Waals surface area contributed by atoms with Crippen LogP contribution < -0.4 is 0 Å². The topological polar surface area (TPSA) is 52.6 Å². The van der Waals surface area contributed by atoms with E-state index in [0.29, 0.717) is 19.4 Å². The molecule has 0 heterocycles. The minimum absolute atomic E-state index is 0. The summed E-state index contributed by atoms with van der Waals surface area (Å²) >= 11 is 0. The molecule has 0 amide bonds. The van der Waals surface area contributed by atoms with Gasteiger partial charge in [0.05, 0.1) is 0 Å². The summed E-state index contributed by atoms with van der Waals surface area (Å²) in [5.74, 6) is 0.116. The van der Waals surface area contributed by atoms with Crippen molar-refractivity contribution in [3.63, 3.8) is 0 Å². The Morgan fingerprint density at radius 1 is 0.952 bits per heavy atom. The van der Waals surface area contributed by atoms with Crippen LogP contribution in [0.4, 0.5) is 0 Å². The lowest BCUT2D eigenvalue weighted by atomic mass is 10.1. The number of ether oxygens (including phenoxy) is 2.